The number of likely N-dealkylation sites (tertiary alicyclic amines) is 1. The Morgan fingerprint density at radius 1 is 1.20 bits per heavy atom. The van der Waals surface area contributed by atoms with E-state index >= 15 is 0 Å². The van der Waals surface area contributed by atoms with Gasteiger partial charge in [-0.2, -0.15) is 13.2 Å². The number of imidazole rings is 1. The van der Waals surface area contributed by atoms with Crippen LogP contribution < -0.4 is 0 Å². The third-order valence-electron chi connectivity index (χ3n) is 6.20. The van der Waals surface area contributed by atoms with Gasteiger partial charge in [-0.3, -0.25) is 14.0 Å². The van der Waals surface area contributed by atoms with Gasteiger partial charge in [-0.05, 0) is 31.9 Å². The lowest BCUT2D eigenvalue weighted by Gasteiger charge is -2.34. The molecule has 0 unspecified atom stereocenters. The molecule has 2 aliphatic rings. The van der Waals surface area contributed by atoms with Crippen molar-refractivity contribution in [3.05, 3.63) is 47.3 Å². The Morgan fingerprint density at radius 3 is 2.49 bits per heavy atom. The first-order chi connectivity index (χ1) is 16.6. The molecule has 0 saturated carbocycles. The lowest BCUT2D eigenvalue weighted by atomic mass is 10.0. The topological polar surface area (TPSA) is 97.4 Å². The van der Waals surface area contributed by atoms with E-state index in [1.165, 1.54) is 36.6 Å². The maximum absolute atomic E-state index is 13.8. The fourth-order valence-corrected chi connectivity index (χ4v) is 4.65. The second kappa shape index (κ2) is 8.29. The second-order valence-electron chi connectivity index (χ2n) is 8.35. The van der Waals surface area contributed by atoms with Gasteiger partial charge in [0, 0.05) is 36.5 Å². The zero-order valence-corrected chi connectivity index (χ0v) is 19.0. The number of nitrogens with zero attached hydrogens (tertiary/aromatic N) is 4. The minimum absolute atomic E-state index is 0.158. The number of hydrogen-bond donors (Lipinski definition) is 0. The highest BCUT2D eigenvalue weighted by Crippen LogP contribution is 2.37. The number of fused-ring (bicyclic) bond motifs is 1. The molecule has 3 amide bonds. The molecule has 2 saturated heterocycles. The molecule has 0 radical (unpaired) electrons. The van der Waals surface area contributed by atoms with Crippen LogP contribution in [-0.4, -0.2) is 62.3 Å². The van der Waals surface area contributed by atoms with E-state index in [0.29, 0.717) is 18.4 Å². The Labute approximate surface area is 201 Å². The lowest BCUT2D eigenvalue weighted by molar-refractivity contribution is -0.136. The first kappa shape index (κ1) is 23.2. The first-order valence-corrected chi connectivity index (χ1v) is 11.1. The number of halogens is 4. The molecular formula is C22H18ClF3N4O5. The Hall–Kier alpha value is -3.54. The van der Waals surface area contributed by atoms with Gasteiger partial charge in [-0.15, -0.1) is 0 Å². The number of hydrogen-bond acceptors (Lipinski definition) is 6. The average Bonchev–Trinajstić information content (AvgIpc) is 3.52. The van der Waals surface area contributed by atoms with Crippen LogP contribution in [0.5, 0.6) is 0 Å². The summed E-state index contributed by atoms with van der Waals surface area (Å²) in [5.74, 6) is -1.07. The molecule has 0 spiro atoms. The summed E-state index contributed by atoms with van der Waals surface area (Å²) in [6, 6.07) is 2.00. The van der Waals surface area contributed by atoms with E-state index in [4.69, 9.17) is 20.8 Å². The zero-order chi connectivity index (χ0) is 25.1. The molecule has 0 aliphatic carbocycles. The van der Waals surface area contributed by atoms with Crippen molar-refractivity contribution in [1.29, 1.82) is 0 Å². The maximum atomic E-state index is 13.8. The minimum Gasteiger partial charge on any atom is -0.472 e. The molecule has 3 aromatic rings. The largest absolute Gasteiger partial charge is 0.472 e. The minimum atomic E-state index is -4.75. The SMILES string of the molecule is C[C@H]1OC(=O)N(C2CCN(C(=O)c3nc4c(C(F)(F)F)cc(-c5ccoc5)cn4c3Cl)CC2)C1=O. The molecule has 13 heteroatoms. The highest BCUT2D eigenvalue weighted by molar-refractivity contribution is 6.33. The highest BCUT2D eigenvalue weighted by atomic mass is 35.5. The van der Waals surface area contributed by atoms with Crippen LogP contribution in [0.2, 0.25) is 5.15 Å². The average molecular weight is 511 g/mol. The molecule has 5 rings (SSSR count). The molecule has 3 aromatic heterocycles. The third kappa shape index (κ3) is 3.91. The molecule has 184 valence electrons. The number of ether oxygens (including phenoxy) is 1. The van der Waals surface area contributed by atoms with Crippen molar-refractivity contribution < 1.29 is 36.7 Å². The van der Waals surface area contributed by atoms with Gasteiger partial charge in [0.1, 0.15) is 5.15 Å². The molecular weight excluding hydrogens is 493 g/mol. The quantitative estimate of drug-likeness (QED) is 0.523. The molecule has 2 aliphatic heterocycles. The molecule has 0 bridgehead atoms. The summed E-state index contributed by atoms with van der Waals surface area (Å²) in [4.78, 5) is 43.8. The van der Waals surface area contributed by atoms with Gasteiger partial charge in [0.15, 0.2) is 17.4 Å². The number of rotatable bonds is 3. The normalized spacial score (nSPS) is 19.6. The molecule has 0 N–H and O–H groups in total. The number of furan rings is 1. The smallest absolute Gasteiger partial charge is 0.420 e. The Morgan fingerprint density at radius 2 is 1.91 bits per heavy atom. The monoisotopic (exact) mass is 510 g/mol. The number of aromatic nitrogens is 2. The van der Waals surface area contributed by atoms with E-state index in [1.54, 1.807) is 0 Å². The lowest BCUT2D eigenvalue weighted by Crippen LogP contribution is -2.49. The molecule has 5 heterocycles. The van der Waals surface area contributed by atoms with Crippen LogP contribution in [0.15, 0.2) is 35.3 Å². The Kier molecular flexibility index (Phi) is 5.50. The van der Waals surface area contributed by atoms with Crippen molar-refractivity contribution in [2.45, 2.75) is 38.1 Å². The summed E-state index contributed by atoms with van der Waals surface area (Å²) in [5.41, 5.74) is -1.26. The number of carbonyl (C=O) groups is 3. The van der Waals surface area contributed by atoms with E-state index in [-0.39, 0.29) is 29.5 Å². The van der Waals surface area contributed by atoms with Crippen LogP contribution in [0.3, 0.4) is 0 Å². The van der Waals surface area contributed by atoms with Crippen LogP contribution in [0.4, 0.5) is 18.0 Å². The van der Waals surface area contributed by atoms with Crippen molar-refractivity contribution in [3.8, 4) is 11.1 Å². The van der Waals surface area contributed by atoms with Gasteiger partial charge < -0.3 is 14.1 Å². The molecule has 9 nitrogen and oxygen atoms in total. The van der Waals surface area contributed by atoms with E-state index in [9.17, 15) is 27.6 Å². The summed E-state index contributed by atoms with van der Waals surface area (Å²) in [7, 11) is 0. The van der Waals surface area contributed by atoms with E-state index in [2.05, 4.69) is 4.98 Å². The van der Waals surface area contributed by atoms with Crippen molar-refractivity contribution in [2.24, 2.45) is 0 Å². The molecule has 0 aromatic carbocycles. The van der Waals surface area contributed by atoms with E-state index in [0.717, 1.165) is 15.4 Å². The van der Waals surface area contributed by atoms with Crippen molar-refractivity contribution in [2.75, 3.05) is 13.1 Å². The number of alkyl halides is 3. The fraction of sp³-hybridized carbons (Fsp3) is 0.364. The van der Waals surface area contributed by atoms with E-state index < -0.39 is 47.4 Å². The fourth-order valence-electron chi connectivity index (χ4n) is 4.40. The van der Waals surface area contributed by atoms with Crippen LogP contribution >= 0.6 is 11.6 Å². The van der Waals surface area contributed by atoms with Crippen molar-refractivity contribution in [3.63, 3.8) is 0 Å². The van der Waals surface area contributed by atoms with Crippen LogP contribution in [0, 0.1) is 0 Å². The second-order valence-corrected chi connectivity index (χ2v) is 8.71. The highest BCUT2D eigenvalue weighted by Gasteiger charge is 2.43. The number of imide groups is 1. The van der Waals surface area contributed by atoms with Crippen LogP contribution in [0.25, 0.3) is 16.8 Å². The first-order valence-electron chi connectivity index (χ1n) is 10.7. The Bertz CT molecular complexity index is 1330. The number of pyridine rings is 1. The van der Waals surface area contributed by atoms with Crippen molar-refractivity contribution in [1.82, 2.24) is 19.2 Å². The number of amides is 3. The summed E-state index contributed by atoms with van der Waals surface area (Å²) < 4.78 is 52.4. The number of piperidine rings is 1. The summed E-state index contributed by atoms with van der Waals surface area (Å²) in [6.07, 6.45) is -1.74. The maximum Gasteiger partial charge on any atom is 0.420 e. The number of carbonyl (C=O) groups excluding carboxylic acids is 3. The van der Waals surface area contributed by atoms with Gasteiger partial charge in [0.25, 0.3) is 11.8 Å². The standard InChI is InChI=1S/C22H18ClF3N4O5/c1-11-19(31)30(21(33)35-11)14-2-5-28(6-3-14)20(32)16-17(23)29-9-13(12-4-7-34-10-12)8-15(18(29)27-16)22(24,25)26/h4,7-11,14H,2-3,5-6H2,1H3/t11-/m1/s1. The van der Waals surface area contributed by atoms with Crippen molar-refractivity contribution >= 4 is 35.2 Å². The van der Waals surface area contributed by atoms with Gasteiger partial charge in [0.05, 0.1) is 18.1 Å². The molecule has 35 heavy (non-hydrogen) atoms. The zero-order valence-electron chi connectivity index (χ0n) is 18.2. The van der Waals surface area contributed by atoms with Crippen LogP contribution in [-0.2, 0) is 15.7 Å². The third-order valence-corrected chi connectivity index (χ3v) is 6.56. The summed E-state index contributed by atoms with van der Waals surface area (Å²) in [5, 5.41) is -0.255. The van der Waals surface area contributed by atoms with Gasteiger partial charge >= 0.3 is 12.3 Å². The molecule has 2 fully saturated rings. The van der Waals surface area contributed by atoms with Gasteiger partial charge in [-0.25, -0.2) is 14.7 Å². The predicted octanol–water partition coefficient (Wildman–Crippen LogP) is 4.24. The predicted molar refractivity (Wildman–Crippen MR) is 115 cm³/mol. The number of cyclic esters (lactones) is 1. The summed E-state index contributed by atoms with van der Waals surface area (Å²) >= 11 is 6.36. The molecule has 1 atom stereocenters. The summed E-state index contributed by atoms with van der Waals surface area (Å²) in [6.45, 7) is 1.80. The Balaban J connectivity index is 1.43. The van der Waals surface area contributed by atoms with E-state index in [1.807, 2.05) is 0 Å². The van der Waals surface area contributed by atoms with Gasteiger partial charge in [0.2, 0.25) is 0 Å². The van der Waals surface area contributed by atoms with Crippen LogP contribution in [0.1, 0.15) is 35.8 Å². The van der Waals surface area contributed by atoms with Gasteiger partial charge in [-0.1, -0.05) is 11.6 Å².